The second kappa shape index (κ2) is 8.84. The van der Waals surface area contributed by atoms with Crippen molar-refractivity contribution in [2.75, 3.05) is 19.0 Å². The third-order valence-corrected chi connectivity index (χ3v) is 3.36. The topological polar surface area (TPSA) is 94.8 Å². The number of amides is 1. The zero-order chi connectivity index (χ0) is 18.2. The fourth-order valence-electron chi connectivity index (χ4n) is 1.82. The Morgan fingerprint density at radius 2 is 1.96 bits per heavy atom. The minimum Gasteiger partial charge on any atom is -0.465 e. The molecule has 0 saturated carbocycles. The van der Waals surface area contributed by atoms with Gasteiger partial charge < -0.3 is 19.2 Å². The molecule has 0 fully saturated rings. The van der Waals surface area contributed by atoms with Gasteiger partial charge in [0.2, 0.25) is 0 Å². The first-order chi connectivity index (χ1) is 12.0. The number of hydrogen-bond acceptors (Lipinski definition) is 6. The first-order valence-electron chi connectivity index (χ1n) is 7.07. The van der Waals surface area contributed by atoms with Gasteiger partial charge in [0.15, 0.2) is 11.3 Å². The number of para-hydroxylation sites is 1. The minimum absolute atomic E-state index is 0.202. The molecule has 1 aromatic heterocycles. The molecule has 0 spiro atoms. The molecule has 0 atom stereocenters. The number of benzene rings is 1. The van der Waals surface area contributed by atoms with Crippen LogP contribution in [0.5, 0.6) is 0 Å². The van der Waals surface area contributed by atoms with Crippen LogP contribution in [0.3, 0.4) is 0 Å². The standard InChI is InChI=1S/C17H14BrNO6/c1-23-17(22)12-4-2-3-5-13(12)19-15(20)10-24-16(21)9-7-11-6-8-14(18)25-11/h2-9H,10H2,1H3,(H,19,20)/b9-7+. The van der Waals surface area contributed by atoms with E-state index in [1.807, 2.05) is 0 Å². The lowest BCUT2D eigenvalue weighted by Crippen LogP contribution is -2.21. The lowest BCUT2D eigenvalue weighted by Gasteiger charge is -2.09. The molecule has 1 N–H and O–H groups in total. The van der Waals surface area contributed by atoms with E-state index in [2.05, 4.69) is 26.0 Å². The molecule has 8 heteroatoms. The van der Waals surface area contributed by atoms with Crippen LogP contribution in [0.4, 0.5) is 5.69 Å². The Labute approximate surface area is 151 Å². The van der Waals surface area contributed by atoms with E-state index in [0.29, 0.717) is 10.4 Å². The Morgan fingerprint density at radius 3 is 2.64 bits per heavy atom. The molecular weight excluding hydrogens is 394 g/mol. The maximum Gasteiger partial charge on any atom is 0.339 e. The minimum atomic E-state index is -0.705. The summed E-state index contributed by atoms with van der Waals surface area (Å²) in [4.78, 5) is 35.1. The highest BCUT2D eigenvalue weighted by Crippen LogP contribution is 2.16. The lowest BCUT2D eigenvalue weighted by molar-refractivity contribution is -0.142. The van der Waals surface area contributed by atoms with E-state index in [1.165, 1.54) is 19.3 Å². The van der Waals surface area contributed by atoms with Crippen molar-refractivity contribution in [1.82, 2.24) is 0 Å². The van der Waals surface area contributed by atoms with E-state index in [9.17, 15) is 14.4 Å². The molecule has 2 aromatic rings. The van der Waals surface area contributed by atoms with Crippen molar-refractivity contribution in [2.45, 2.75) is 0 Å². The SMILES string of the molecule is COC(=O)c1ccccc1NC(=O)COC(=O)/C=C/c1ccc(Br)o1. The molecule has 0 unspecified atom stereocenters. The van der Waals surface area contributed by atoms with Crippen LogP contribution in [-0.4, -0.2) is 31.6 Å². The highest BCUT2D eigenvalue weighted by Gasteiger charge is 2.13. The number of halogens is 1. The van der Waals surface area contributed by atoms with E-state index in [1.54, 1.807) is 30.3 Å². The largest absolute Gasteiger partial charge is 0.465 e. The van der Waals surface area contributed by atoms with E-state index < -0.39 is 24.5 Å². The summed E-state index contributed by atoms with van der Waals surface area (Å²) < 4.78 is 15.2. The molecule has 130 valence electrons. The number of rotatable bonds is 6. The summed E-state index contributed by atoms with van der Waals surface area (Å²) in [6, 6.07) is 9.68. The Hall–Kier alpha value is -2.87. The number of nitrogens with one attached hydrogen (secondary N) is 1. The van der Waals surface area contributed by atoms with E-state index >= 15 is 0 Å². The van der Waals surface area contributed by atoms with Gasteiger partial charge in [-0.3, -0.25) is 4.79 Å². The third-order valence-electron chi connectivity index (χ3n) is 2.93. The van der Waals surface area contributed by atoms with E-state index in [-0.39, 0.29) is 11.3 Å². The number of esters is 2. The summed E-state index contributed by atoms with van der Waals surface area (Å²) in [5.74, 6) is -1.41. The zero-order valence-corrected chi connectivity index (χ0v) is 14.7. The molecular formula is C17H14BrNO6. The van der Waals surface area contributed by atoms with Gasteiger partial charge in [0.25, 0.3) is 5.91 Å². The Balaban J connectivity index is 1.87. The fraction of sp³-hybridized carbons (Fsp3) is 0.118. The molecule has 0 aliphatic carbocycles. The van der Waals surface area contributed by atoms with Gasteiger partial charge in [-0.2, -0.15) is 0 Å². The van der Waals surface area contributed by atoms with Crippen LogP contribution in [0.15, 0.2) is 51.6 Å². The monoisotopic (exact) mass is 407 g/mol. The maximum atomic E-state index is 11.9. The van der Waals surface area contributed by atoms with Gasteiger partial charge in [-0.15, -0.1) is 0 Å². The van der Waals surface area contributed by atoms with Crippen LogP contribution < -0.4 is 5.32 Å². The number of ether oxygens (including phenoxy) is 2. The van der Waals surface area contributed by atoms with Gasteiger partial charge in [-0.1, -0.05) is 12.1 Å². The molecule has 7 nitrogen and oxygen atoms in total. The molecule has 0 aliphatic heterocycles. The van der Waals surface area contributed by atoms with Crippen molar-refractivity contribution in [1.29, 1.82) is 0 Å². The molecule has 2 rings (SSSR count). The van der Waals surface area contributed by atoms with Crippen LogP contribution in [0.1, 0.15) is 16.1 Å². The summed E-state index contributed by atoms with van der Waals surface area (Å²) >= 11 is 3.14. The summed E-state index contributed by atoms with van der Waals surface area (Å²) in [5.41, 5.74) is 0.472. The van der Waals surface area contributed by atoms with Crippen molar-refractivity contribution in [3.8, 4) is 0 Å². The van der Waals surface area contributed by atoms with Crippen molar-refractivity contribution in [3.05, 3.63) is 58.5 Å². The van der Waals surface area contributed by atoms with Crippen molar-refractivity contribution in [2.24, 2.45) is 0 Å². The molecule has 0 aliphatic rings. The zero-order valence-electron chi connectivity index (χ0n) is 13.2. The number of methoxy groups -OCH3 is 1. The number of hydrogen-bond donors (Lipinski definition) is 1. The van der Waals surface area contributed by atoms with Gasteiger partial charge in [0.1, 0.15) is 5.76 Å². The van der Waals surface area contributed by atoms with Gasteiger partial charge in [-0.05, 0) is 46.3 Å². The Bertz CT molecular complexity index is 811. The smallest absolute Gasteiger partial charge is 0.339 e. The second-order valence-electron chi connectivity index (χ2n) is 4.67. The molecule has 1 heterocycles. The molecule has 1 amide bonds. The van der Waals surface area contributed by atoms with Crippen LogP contribution in [-0.2, 0) is 19.1 Å². The number of carbonyl (C=O) groups is 3. The average molecular weight is 408 g/mol. The Kier molecular flexibility index (Phi) is 6.53. The average Bonchev–Trinajstić information content (AvgIpc) is 3.03. The van der Waals surface area contributed by atoms with Gasteiger partial charge >= 0.3 is 11.9 Å². The summed E-state index contributed by atoms with van der Waals surface area (Å²) in [6.45, 7) is -0.499. The maximum absolute atomic E-state index is 11.9. The normalized spacial score (nSPS) is 10.5. The Morgan fingerprint density at radius 1 is 1.20 bits per heavy atom. The molecule has 0 bridgehead atoms. The molecule has 0 radical (unpaired) electrons. The number of furan rings is 1. The quantitative estimate of drug-likeness (QED) is 0.583. The van der Waals surface area contributed by atoms with Crippen LogP contribution in [0.25, 0.3) is 6.08 Å². The summed E-state index contributed by atoms with van der Waals surface area (Å²) in [7, 11) is 1.24. The predicted octanol–water partition coefficient (Wildman–Crippen LogP) is 3.02. The van der Waals surface area contributed by atoms with Gasteiger partial charge in [0, 0.05) is 6.08 Å². The van der Waals surface area contributed by atoms with Crippen molar-refractivity contribution < 1.29 is 28.3 Å². The predicted molar refractivity (Wildman–Crippen MR) is 92.8 cm³/mol. The first kappa shape index (κ1) is 18.5. The lowest BCUT2D eigenvalue weighted by atomic mass is 10.2. The summed E-state index contributed by atoms with van der Waals surface area (Å²) in [5, 5.41) is 2.49. The van der Waals surface area contributed by atoms with E-state index in [0.717, 1.165) is 6.08 Å². The van der Waals surface area contributed by atoms with Crippen molar-refractivity contribution >= 4 is 45.5 Å². The number of carbonyl (C=O) groups excluding carboxylic acids is 3. The van der Waals surface area contributed by atoms with Crippen molar-refractivity contribution in [3.63, 3.8) is 0 Å². The fourth-order valence-corrected chi connectivity index (χ4v) is 2.14. The summed E-state index contributed by atoms with van der Waals surface area (Å²) in [6.07, 6.45) is 2.55. The van der Waals surface area contributed by atoms with Crippen LogP contribution in [0.2, 0.25) is 0 Å². The first-order valence-corrected chi connectivity index (χ1v) is 7.86. The second-order valence-corrected chi connectivity index (χ2v) is 5.45. The van der Waals surface area contributed by atoms with Crippen LogP contribution >= 0.6 is 15.9 Å². The van der Waals surface area contributed by atoms with Gasteiger partial charge in [-0.25, -0.2) is 9.59 Å². The van der Waals surface area contributed by atoms with Gasteiger partial charge in [0.05, 0.1) is 18.4 Å². The van der Waals surface area contributed by atoms with Crippen LogP contribution in [0, 0.1) is 0 Å². The highest BCUT2D eigenvalue weighted by atomic mass is 79.9. The molecule has 1 aromatic carbocycles. The molecule has 25 heavy (non-hydrogen) atoms. The van der Waals surface area contributed by atoms with E-state index in [4.69, 9.17) is 9.15 Å². The molecule has 0 saturated heterocycles. The third kappa shape index (κ3) is 5.61. The number of anilines is 1. The highest BCUT2D eigenvalue weighted by molar-refractivity contribution is 9.10.